The molecule has 1 aromatic carbocycles. The van der Waals surface area contributed by atoms with Crippen molar-refractivity contribution in [1.82, 2.24) is 4.98 Å². The highest BCUT2D eigenvalue weighted by atomic mass is 19.4. The normalized spacial score (nSPS) is 11.5. The Kier molecular flexibility index (Phi) is 5.71. The van der Waals surface area contributed by atoms with E-state index < -0.39 is 22.6 Å². The Labute approximate surface area is 146 Å². The number of carbonyl (C=O) groups excluding carboxylic acids is 1. The molecule has 9 heteroatoms. The number of hydrogen-bond donors (Lipinski definition) is 0. The highest BCUT2D eigenvalue weighted by molar-refractivity contribution is 5.94. The van der Waals surface area contributed by atoms with Crippen molar-refractivity contribution in [3.63, 3.8) is 0 Å². The lowest BCUT2D eigenvalue weighted by molar-refractivity contribution is -0.385. The van der Waals surface area contributed by atoms with Gasteiger partial charge in [-0.3, -0.25) is 10.1 Å². The summed E-state index contributed by atoms with van der Waals surface area (Å²) in [4.78, 5) is 26.0. The van der Waals surface area contributed by atoms with Crippen molar-refractivity contribution in [2.75, 3.05) is 6.61 Å². The summed E-state index contributed by atoms with van der Waals surface area (Å²) in [6.45, 7) is 1.66. The van der Waals surface area contributed by atoms with Gasteiger partial charge in [-0.05, 0) is 30.7 Å². The van der Waals surface area contributed by atoms with E-state index >= 15 is 0 Å². The van der Waals surface area contributed by atoms with Crippen molar-refractivity contribution in [3.8, 4) is 0 Å². The summed E-state index contributed by atoms with van der Waals surface area (Å²) in [7, 11) is 0. The van der Waals surface area contributed by atoms with Gasteiger partial charge in [0.05, 0.1) is 28.4 Å². The fourth-order valence-corrected chi connectivity index (χ4v) is 2.03. The quantitative estimate of drug-likeness (QED) is 0.446. The van der Waals surface area contributed by atoms with Gasteiger partial charge >= 0.3 is 12.1 Å². The molecule has 0 unspecified atom stereocenters. The van der Waals surface area contributed by atoms with Crippen molar-refractivity contribution in [2.24, 2.45) is 0 Å². The molecule has 0 aliphatic carbocycles. The largest absolute Gasteiger partial charge is 0.462 e. The van der Waals surface area contributed by atoms with Gasteiger partial charge in [-0.25, -0.2) is 9.78 Å². The van der Waals surface area contributed by atoms with E-state index in [1.54, 1.807) is 6.92 Å². The van der Waals surface area contributed by atoms with Crippen molar-refractivity contribution in [2.45, 2.75) is 13.1 Å². The van der Waals surface area contributed by atoms with Crippen LogP contribution in [0.1, 0.15) is 34.1 Å². The van der Waals surface area contributed by atoms with Gasteiger partial charge in [-0.15, -0.1) is 0 Å². The molecule has 0 radical (unpaired) electrons. The Morgan fingerprint density at radius 2 is 1.92 bits per heavy atom. The number of pyridine rings is 1. The molecule has 0 saturated heterocycles. The van der Waals surface area contributed by atoms with Crippen molar-refractivity contribution >= 4 is 23.8 Å². The zero-order chi connectivity index (χ0) is 19.3. The molecular weight excluding hydrogens is 353 g/mol. The molecule has 2 rings (SSSR count). The number of carbonyl (C=O) groups is 1. The van der Waals surface area contributed by atoms with Crippen LogP contribution in [-0.4, -0.2) is 22.5 Å². The van der Waals surface area contributed by atoms with Gasteiger partial charge in [0.15, 0.2) is 0 Å². The fraction of sp³-hybridized carbons (Fsp3) is 0.176. The third kappa shape index (κ3) is 4.65. The average molecular weight is 366 g/mol. The van der Waals surface area contributed by atoms with E-state index in [1.165, 1.54) is 24.3 Å². The van der Waals surface area contributed by atoms with Gasteiger partial charge in [-0.1, -0.05) is 18.2 Å². The zero-order valence-corrected chi connectivity index (χ0v) is 13.5. The lowest BCUT2D eigenvalue weighted by atomic mass is 10.1. The Morgan fingerprint density at radius 1 is 1.27 bits per heavy atom. The first-order valence-corrected chi connectivity index (χ1v) is 7.39. The van der Waals surface area contributed by atoms with Crippen LogP contribution in [0, 0.1) is 10.1 Å². The number of hydrogen-bond acceptors (Lipinski definition) is 5. The number of ether oxygens (including phenoxy) is 1. The van der Waals surface area contributed by atoms with Crippen molar-refractivity contribution < 1.29 is 27.6 Å². The van der Waals surface area contributed by atoms with E-state index in [0.717, 1.165) is 24.4 Å². The van der Waals surface area contributed by atoms with Crippen molar-refractivity contribution in [3.05, 3.63) is 69.0 Å². The van der Waals surface area contributed by atoms with Gasteiger partial charge in [0.25, 0.3) is 5.69 Å². The smallest absolute Gasteiger partial charge is 0.416 e. The van der Waals surface area contributed by atoms with Crippen LogP contribution in [0.4, 0.5) is 18.9 Å². The second-order valence-electron chi connectivity index (χ2n) is 5.06. The van der Waals surface area contributed by atoms with E-state index in [-0.39, 0.29) is 23.6 Å². The second kappa shape index (κ2) is 7.77. The SMILES string of the molecule is CCOC(=O)c1cc([N+](=O)[O-])cnc1C=Cc1ccc(C(F)(F)F)cc1. The van der Waals surface area contributed by atoms with Gasteiger partial charge < -0.3 is 4.74 Å². The monoisotopic (exact) mass is 366 g/mol. The Balaban J connectivity index is 2.34. The summed E-state index contributed by atoms with van der Waals surface area (Å²) in [6, 6.07) is 5.41. The third-order valence-corrected chi connectivity index (χ3v) is 3.28. The highest BCUT2D eigenvalue weighted by Crippen LogP contribution is 2.29. The Morgan fingerprint density at radius 3 is 2.46 bits per heavy atom. The molecule has 0 fully saturated rings. The maximum Gasteiger partial charge on any atom is 0.416 e. The number of nitrogens with zero attached hydrogens (tertiary/aromatic N) is 2. The predicted octanol–water partition coefficient (Wildman–Crippen LogP) is 4.36. The van der Waals surface area contributed by atoms with E-state index in [9.17, 15) is 28.1 Å². The average Bonchev–Trinajstić information content (AvgIpc) is 2.59. The van der Waals surface area contributed by atoms with E-state index in [2.05, 4.69) is 4.98 Å². The van der Waals surface area contributed by atoms with Crippen LogP contribution in [0.2, 0.25) is 0 Å². The molecule has 0 bridgehead atoms. The first kappa shape index (κ1) is 19.1. The molecule has 1 heterocycles. The molecule has 0 amide bonds. The molecule has 0 aliphatic rings. The lowest BCUT2D eigenvalue weighted by Gasteiger charge is -2.06. The number of halogens is 3. The van der Waals surface area contributed by atoms with Crippen LogP contribution < -0.4 is 0 Å². The molecular formula is C17H13F3N2O4. The summed E-state index contributed by atoms with van der Waals surface area (Å²) in [5.74, 6) is -0.782. The molecule has 0 aliphatic heterocycles. The first-order chi connectivity index (χ1) is 12.2. The molecule has 0 atom stereocenters. The number of benzene rings is 1. The number of nitro groups is 1. The summed E-state index contributed by atoms with van der Waals surface area (Å²) in [5, 5.41) is 10.8. The molecule has 6 nitrogen and oxygen atoms in total. The van der Waals surface area contributed by atoms with E-state index in [0.29, 0.717) is 5.56 Å². The van der Waals surface area contributed by atoms with Crippen LogP contribution in [0.25, 0.3) is 12.2 Å². The molecule has 2 aromatic rings. The Bertz CT molecular complexity index is 846. The minimum absolute atomic E-state index is 0.0730. The maximum absolute atomic E-state index is 12.6. The molecule has 1 aromatic heterocycles. The van der Waals surface area contributed by atoms with Gasteiger partial charge in [0.2, 0.25) is 0 Å². The van der Waals surface area contributed by atoms with Crippen LogP contribution in [-0.2, 0) is 10.9 Å². The number of rotatable bonds is 5. The van der Waals surface area contributed by atoms with Gasteiger partial charge in [0, 0.05) is 6.07 Å². The van der Waals surface area contributed by atoms with Crippen molar-refractivity contribution in [1.29, 1.82) is 0 Å². The first-order valence-electron chi connectivity index (χ1n) is 7.39. The highest BCUT2D eigenvalue weighted by Gasteiger charge is 2.29. The van der Waals surface area contributed by atoms with Gasteiger partial charge in [0.1, 0.15) is 6.20 Å². The number of esters is 1. The van der Waals surface area contributed by atoms with Crippen LogP contribution in [0.3, 0.4) is 0 Å². The van der Waals surface area contributed by atoms with Crippen LogP contribution >= 0.6 is 0 Å². The molecule has 0 N–H and O–H groups in total. The minimum Gasteiger partial charge on any atom is -0.462 e. The van der Waals surface area contributed by atoms with Crippen LogP contribution in [0.5, 0.6) is 0 Å². The topological polar surface area (TPSA) is 82.3 Å². The Hall–Kier alpha value is -3.23. The maximum atomic E-state index is 12.6. The summed E-state index contributed by atoms with van der Waals surface area (Å²) >= 11 is 0. The number of aromatic nitrogens is 1. The third-order valence-electron chi connectivity index (χ3n) is 3.28. The predicted molar refractivity (Wildman–Crippen MR) is 87.2 cm³/mol. The van der Waals surface area contributed by atoms with Crippen LogP contribution in [0.15, 0.2) is 36.5 Å². The standard InChI is InChI=1S/C17H13F3N2O4/c1-2-26-16(23)14-9-13(22(24)25)10-21-15(14)8-5-11-3-6-12(7-4-11)17(18,19)20/h3-10H,2H2,1H3. The lowest BCUT2D eigenvalue weighted by Crippen LogP contribution is -2.08. The molecule has 0 saturated carbocycles. The van der Waals surface area contributed by atoms with Gasteiger partial charge in [-0.2, -0.15) is 13.2 Å². The summed E-state index contributed by atoms with van der Waals surface area (Å²) < 4.78 is 42.5. The molecule has 0 spiro atoms. The molecule has 136 valence electrons. The molecule has 26 heavy (non-hydrogen) atoms. The van der Waals surface area contributed by atoms with E-state index in [1.807, 2.05) is 0 Å². The minimum atomic E-state index is -4.43. The summed E-state index contributed by atoms with van der Waals surface area (Å²) in [6.07, 6.45) is -0.635. The summed E-state index contributed by atoms with van der Waals surface area (Å²) in [5.41, 5.74) is -0.721. The zero-order valence-electron chi connectivity index (χ0n) is 13.5. The fourth-order valence-electron chi connectivity index (χ4n) is 2.03. The second-order valence-corrected chi connectivity index (χ2v) is 5.06. The van der Waals surface area contributed by atoms with E-state index in [4.69, 9.17) is 4.74 Å². The number of alkyl halides is 3.